The molecule has 5 aromatic rings. The van der Waals surface area contributed by atoms with E-state index in [9.17, 15) is 9.59 Å². The van der Waals surface area contributed by atoms with Crippen LogP contribution in [-0.4, -0.2) is 41.0 Å². The number of H-pyrrole nitrogens is 1. The number of Topliss-reactive ketones (excluding diaryl/α,β-unsaturated/α-hetero) is 1. The van der Waals surface area contributed by atoms with Gasteiger partial charge in [-0.2, -0.15) is 5.10 Å². The van der Waals surface area contributed by atoms with Gasteiger partial charge >= 0.3 is 0 Å². The summed E-state index contributed by atoms with van der Waals surface area (Å²) in [6.45, 7) is 5.59. The van der Waals surface area contributed by atoms with Crippen molar-refractivity contribution >= 4 is 40.2 Å². The zero-order valence-electron chi connectivity index (χ0n) is 18.5. The van der Waals surface area contributed by atoms with E-state index in [1.54, 1.807) is 22.9 Å². The molecule has 0 atom stereocenters. The van der Waals surface area contributed by atoms with Crippen LogP contribution in [0.2, 0.25) is 5.02 Å². The third kappa shape index (κ3) is 3.95. The summed E-state index contributed by atoms with van der Waals surface area (Å²) < 4.78 is 8.61. The van der Waals surface area contributed by atoms with Crippen molar-refractivity contribution in [3.8, 4) is 11.5 Å². The molecular weight excluding hydrogens is 476 g/mol. The van der Waals surface area contributed by atoms with E-state index in [0.29, 0.717) is 44.0 Å². The van der Waals surface area contributed by atoms with Crippen LogP contribution in [0.15, 0.2) is 57.1 Å². The first-order chi connectivity index (χ1) is 16.3. The van der Waals surface area contributed by atoms with Crippen molar-refractivity contribution in [1.82, 2.24) is 29.5 Å². The normalized spacial score (nSPS) is 11.4. The highest BCUT2D eigenvalue weighted by Crippen LogP contribution is 2.24. The van der Waals surface area contributed by atoms with Gasteiger partial charge in [0.25, 0.3) is 5.56 Å². The van der Waals surface area contributed by atoms with Gasteiger partial charge in [0.2, 0.25) is 0 Å². The highest BCUT2D eigenvalue weighted by atomic mass is 35.5. The monoisotopic (exact) mass is 494 g/mol. The number of hydrogen-bond donors (Lipinski definition) is 1. The second-order valence-corrected chi connectivity index (χ2v) is 9.17. The summed E-state index contributed by atoms with van der Waals surface area (Å²) in [4.78, 5) is 32.9. The van der Waals surface area contributed by atoms with Gasteiger partial charge in [0.05, 0.1) is 17.6 Å². The molecule has 0 saturated heterocycles. The number of hydrogen-bond acceptors (Lipinski definition) is 7. The molecule has 34 heavy (non-hydrogen) atoms. The average molecular weight is 495 g/mol. The standard InChI is InChI=1S/C23H19ClN6O3S/c1-12-7-17(14(3)29(12)20-8-13(2)33-28-20)19(31)11-34-23-26-21-18(22(32)27-23)10-25-30(21)16-6-4-5-15(24)9-16/h4-10H,11H2,1-3H3,(H,26,27,32). The second-order valence-electron chi connectivity index (χ2n) is 7.77. The van der Waals surface area contributed by atoms with E-state index in [1.165, 1.54) is 6.20 Å². The predicted octanol–water partition coefficient (Wildman–Crippen LogP) is 4.44. The number of thioether (sulfide) groups is 1. The van der Waals surface area contributed by atoms with E-state index in [2.05, 4.69) is 20.2 Å². The highest BCUT2D eigenvalue weighted by Gasteiger charge is 2.19. The van der Waals surface area contributed by atoms with Crippen LogP contribution in [0.3, 0.4) is 0 Å². The Bertz CT molecular complexity index is 1610. The minimum Gasteiger partial charge on any atom is -0.360 e. The van der Waals surface area contributed by atoms with Gasteiger partial charge in [-0.1, -0.05) is 34.6 Å². The Kier molecular flexibility index (Phi) is 5.62. The molecule has 0 bridgehead atoms. The number of ketones is 1. The summed E-state index contributed by atoms with van der Waals surface area (Å²) in [5.74, 6) is 1.33. The lowest BCUT2D eigenvalue weighted by Crippen LogP contribution is -2.11. The zero-order valence-corrected chi connectivity index (χ0v) is 20.1. The van der Waals surface area contributed by atoms with Crippen LogP contribution in [0.1, 0.15) is 27.5 Å². The molecule has 0 unspecified atom stereocenters. The first-order valence-corrected chi connectivity index (χ1v) is 11.7. The van der Waals surface area contributed by atoms with Crippen molar-refractivity contribution in [3.05, 3.63) is 80.7 Å². The quantitative estimate of drug-likeness (QED) is 0.211. The van der Waals surface area contributed by atoms with Crippen LogP contribution in [0.4, 0.5) is 0 Å². The lowest BCUT2D eigenvalue weighted by molar-refractivity contribution is 0.102. The summed E-state index contributed by atoms with van der Waals surface area (Å²) in [7, 11) is 0. The molecule has 9 nitrogen and oxygen atoms in total. The van der Waals surface area contributed by atoms with Crippen molar-refractivity contribution in [2.24, 2.45) is 0 Å². The van der Waals surface area contributed by atoms with Gasteiger partial charge in [-0.15, -0.1) is 0 Å². The Labute approximate surface area is 202 Å². The summed E-state index contributed by atoms with van der Waals surface area (Å²) >= 11 is 7.26. The number of aromatic amines is 1. The first-order valence-electron chi connectivity index (χ1n) is 10.3. The number of rotatable bonds is 6. The predicted molar refractivity (Wildman–Crippen MR) is 130 cm³/mol. The van der Waals surface area contributed by atoms with Gasteiger partial charge in [-0.25, -0.2) is 9.67 Å². The molecule has 0 spiro atoms. The molecule has 1 aromatic carbocycles. The topological polar surface area (TPSA) is 112 Å². The molecule has 1 N–H and O–H groups in total. The van der Waals surface area contributed by atoms with Crippen molar-refractivity contribution in [1.29, 1.82) is 0 Å². The number of nitrogens with one attached hydrogen (secondary N) is 1. The molecule has 4 aromatic heterocycles. The van der Waals surface area contributed by atoms with Crippen molar-refractivity contribution in [2.45, 2.75) is 25.9 Å². The molecule has 0 aliphatic rings. The summed E-state index contributed by atoms with van der Waals surface area (Å²) in [5, 5.41) is 9.56. The number of aromatic nitrogens is 6. The summed E-state index contributed by atoms with van der Waals surface area (Å²) in [5.41, 5.74) is 2.97. The van der Waals surface area contributed by atoms with Crippen molar-refractivity contribution in [3.63, 3.8) is 0 Å². The fourth-order valence-corrected chi connectivity index (χ4v) is 4.76. The molecule has 11 heteroatoms. The SMILES string of the molecule is Cc1cc(-n2c(C)cc(C(=O)CSc3nc4c(cnn4-c4cccc(Cl)c4)c(=O)[nH]3)c2C)no1. The van der Waals surface area contributed by atoms with E-state index in [4.69, 9.17) is 16.1 Å². The Morgan fingerprint density at radius 2 is 2.03 bits per heavy atom. The van der Waals surface area contributed by atoms with E-state index < -0.39 is 0 Å². The van der Waals surface area contributed by atoms with Crippen LogP contribution in [0.25, 0.3) is 22.5 Å². The van der Waals surface area contributed by atoms with Gasteiger partial charge in [0, 0.05) is 28.0 Å². The Hall–Kier alpha value is -3.63. The number of carbonyl (C=O) groups excluding carboxylic acids is 1. The van der Waals surface area contributed by atoms with Crippen LogP contribution in [0.5, 0.6) is 0 Å². The maximum Gasteiger partial charge on any atom is 0.262 e. The largest absolute Gasteiger partial charge is 0.360 e. The van der Waals surface area contributed by atoms with Crippen molar-refractivity contribution in [2.75, 3.05) is 5.75 Å². The molecule has 0 amide bonds. The smallest absolute Gasteiger partial charge is 0.262 e. The Morgan fingerprint density at radius 1 is 1.21 bits per heavy atom. The highest BCUT2D eigenvalue weighted by molar-refractivity contribution is 7.99. The van der Waals surface area contributed by atoms with Gasteiger partial charge in [0.1, 0.15) is 11.1 Å². The molecule has 4 heterocycles. The number of benzene rings is 1. The Morgan fingerprint density at radius 3 is 2.76 bits per heavy atom. The zero-order chi connectivity index (χ0) is 24.0. The van der Waals surface area contributed by atoms with Gasteiger partial charge in [0.15, 0.2) is 22.4 Å². The maximum absolute atomic E-state index is 13.0. The number of aryl methyl sites for hydroxylation is 2. The number of nitrogens with zero attached hydrogens (tertiary/aromatic N) is 5. The third-order valence-corrected chi connectivity index (χ3v) is 6.49. The molecule has 0 aliphatic heterocycles. The maximum atomic E-state index is 13.0. The number of carbonyl (C=O) groups is 1. The fourth-order valence-electron chi connectivity index (χ4n) is 3.83. The summed E-state index contributed by atoms with van der Waals surface area (Å²) in [6, 6.07) is 10.8. The molecule has 0 radical (unpaired) electrons. The molecular formula is C23H19ClN6O3S. The van der Waals surface area contributed by atoms with Gasteiger partial charge in [-0.05, 0) is 45.0 Å². The number of fused-ring (bicyclic) bond motifs is 1. The number of halogens is 1. The van der Waals surface area contributed by atoms with Crippen LogP contribution in [0, 0.1) is 20.8 Å². The molecule has 0 saturated carbocycles. The second kappa shape index (κ2) is 8.62. The van der Waals surface area contributed by atoms with E-state index in [0.717, 1.165) is 23.1 Å². The van der Waals surface area contributed by atoms with Crippen molar-refractivity contribution < 1.29 is 9.32 Å². The van der Waals surface area contributed by atoms with Gasteiger partial charge < -0.3 is 9.51 Å². The first kappa shape index (κ1) is 22.2. The third-order valence-electron chi connectivity index (χ3n) is 5.39. The molecule has 172 valence electrons. The minimum atomic E-state index is -0.326. The lowest BCUT2D eigenvalue weighted by Gasteiger charge is -2.06. The average Bonchev–Trinajstić information content (AvgIpc) is 3.49. The fraction of sp³-hybridized carbons (Fsp3) is 0.174. The molecule has 5 rings (SSSR count). The van der Waals surface area contributed by atoms with Crippen LogP contribution < -0.4 is 5.56 Å². The van der Waals surface area contributed by atoms with E-state index in [-0.39, 0.29) is 17.1 Å². The molecule has 0 fully saturated rings. The van der Waals surface area contributed by atoms with Gasteiger partial charge in [-0.3, -0.25) is 14.2 Å². The minimum absolute atomic E-state index is 0.0874. The Balaban J connectivity index is 1.42. The lowest BCUT2D eigenvalue weighted by atomic mass is 10.2. The molecule has 0 aliphatic carbocycles. The van der Waals surface area contributed by atoms with E-state index in [1.807, 2.05) is 43.5 Å². The van der Waals surface area contributed by atoms with Crippen LogP contribution in [-0.2, 0) is 0 Å². The van der Waals surface area contributed by atoms with E-state index >= 15 is 0 Å². The van der Waals surface area contributed by atoms with Crippen LogP contribution >= 0.6 is 23.4 Å². The summed E-state index contributed by atoms with van der Waals surface area (Å²) in [6.07, 6.45) is 1.46.